The number of ether oxygens (including phenoxy) is 1. The molecule has 4 nitrogen and oxygen atoms in total. The SMILES string of the molecule is C#CCOc1cccc2c1nnn2-c1c(Cl)cc(F)cc1Br. The second kappa shape index (κ2) is 5.95. The Balaban J connectivity index is 2.20. The lowest BCUT2D eigenvalue weighted by atomic mass is 10.2. The zero-order valence-electron chi connectivity index (χ0n) is 11.1. The van der Waals surface area contributed by atoms with Gasteiger partial charge in [0, 0.05) is 4.47 Å². The summed E-state index contributed by atoms with van der Waals surface area (Å²) in [6.07, 6.45) is 5.20. The quantitative estimate of drug-likeness (QED) is 0.645. The number of nitrogens with zero attached hydrogens (tertiary/aromatic N) is 3. The first-order valence-corrected chi connectivity index (χ1v) is 7.34. The van der Waals surface area contributed by atoms with Gasteiger partial charge in [0.1, 0.15) is 18.1 Å². The van der Waals surface area contributed by atoms with Crippen LogP contribution in [-0.2, 0) is 0 Å². The predicted octanol–water partition coefficient (Wildman–Crippen LogP) is 3.99. The van der Waals surface area contributed by atoms with Gasteiger partial charge in [-0.2, -0.15) is 0 Å². The molecule has 22 heavy (non-hydrogen) atoms. The van der Waals surface area contributed by atoms with E-state index in [1.807, 2.05) is 6.07 Å². The van der Waals surface area contributed by atoms with E-state index in [1.165, 1.54) is 16.8 Å². The molecular weight excluding hydrogens is 373 g/mol. The minimum absolute atomic E-state index is 0.132. The van der Waals surface area contributed by atoms with Crippen LogP contribution in [0.3, 0.4) is 0 Å². The van der Waals surface area contributed by atoms with Crippen molar-refractivity contribution < 1.29 is 9.13 Å². The number of aromatic nitrogens is 3. The maximum absolute atomic E-state index is 13.4. The molecule has 0 aliphatic rings. The van der Waals surface area contributed by atoms with Crippen molar-refractivity contribution in [3.63, 3.8) is 0 Å². The van der Waals surface area contributed by atoms with Crippen LogP contribution in [0.2, 0.25) is 5.02 Å². The minimum Gasteiger partial charge on any atom is -0.479 e. The van der Waals surface area contributed by atoms with Gasteiger partial charge in [-0.05, 0) is 40.2 Å². The van der Waals surface area contributed by atoms with Crippen LogP contribution in [0.15, 0.2) is 34.8 Å². The van der Waals surface area contributed by atoms with Gasteiger partial charge >= 0.3 is 0 Å². The van der Waals surface area contributed by atoms with Crippen molar-refractivity contribution in [1.82, 2.24) is 15.0 Å². The van der Waals surface area contributed by atoms with Crippen LogP contribution in [0.25, 0.3) is 16.7 Å². The summed E-state index contributed by atoms with van der Waals surface area (Å²) in [6.45, 7) is 0.132. The molecule has 0 saturated heterocycles. The summed E-state index contributed by atoms with van der Waals surface area (Å²) >= 11 is 9.43. The molecule has 3 rings (SSSR count). The van der Waals surface area contributed by atoms with Gasteiger partial charge in [-0.25, -0.2) is 9.07 Å². The Morgan fingerprint density at radius 2 is 2.23 bits per heavy atom. The Labute approximate surface area is 139 Å². The van der Waals surface area contributed by atoms with E-state index < -0.39 is 5.82 Å². The van der Waals surface area contributed by atoms with E-state index in [9.17, 15) is 4.39 Å². The number of halogens is 3. The molecule has 0 amide bonds. The lowest BCUT2D eigenvalue weighted by molar-refractivity contribution is 0.374. The highest BCUT2D eigenvalue weighted by molar-refractivity contribution is 9.10. The Bertz CT molecular complexity index is 880. The molecule has 0 saturated carbocycles. The van der Waals surface area contributed by atoms with Gasteiger partial charge in [-0.15, -0.1) is 11.5 Å². The van der Waals surface area contributed by atoms with Gasteiger partial charge in [0.2, 0.25) is 0 Å². The largest absolute Gasteiger partial charge is 0.479 e. The topological polar surface area (TPSA) is 39.9 Å². The molecule has 0 atom stereocenters. The molecule has 0 aliphatic heterocycles. The van der Waals surface area contributed by atoms with Crippen molar-refractivity contribution in [2.24, 2.45) is 0 Å². The normalized spacial score (nSPS) is 10.6. The van der Waals surface area contributed by atoms with E-state index in [2.05, 4.69) is 32.2 Å². The zero-order valence-corrected chi connectivity index (χ0v) is 13.4. The first kappa shape index (κ1) is 14.8. The predicted molar refractivity (Wildman–Crippen MR) is 85.9 cm³/mol. The molecule has 7 heteroatoms. The third kappa shape index (κ3) is 2.54. The zero-order chi connectivity index (χ0) is 15.7. The molecule has 3 aromatic rings. The van der Waals surface area contributed by atoms with E-state index in [0.717, 1.165) is 0 Å². The number of benzene rings is 2. The van der Waals surface area contributed by atoms with Crippen molar-refractivity contribution in [3.8, 4) is 23.8 Å². The molecule has 0 fully saturated rings. The molecule has 0 N–H and O–H groups in total. The number of fused-ring (bicyclic) bond motifs is 1. The van der Waals surface area contributed by atoms with Crippen LogP contribution < -0.4 is 4.74 Å². The Morgan fingerprint density at radius 1 is 1.41 bits per heavy atom. The molecule has 1 heterocycles. The second-order valence-electron chi connectivity index (χ2n) is 4.34. The minimum atomic E-state index is -0.442. The summed E-state index contributed by atoms with van der Waals surface area (Å²) in [5.74, 6) is 2.48. The molecular formula is C15H8BrClFN3O. The maximum Gasteiger partial charge on any atom is 0.155 e. The van der Waals surface area contributed by atoms with Crippen LogP contribution in [0.4, 0.5) is 4.39 Å². The fraction of sp³-hybridized carbons (Fsp3) is 0.0667. The van der Waals surface area contributed by atoms with Gasteiger partial charge in [-0.1, -0.05) is 28.8 Å². The molecule has 2 aromatic carbocycles. The Kier molecular flexibility index (Phi) is 4.01. The fourth-order valence-electron chi connectivity index (χ4n) is 2.06. The lowest BCUT2D eigenvalue weighted by Crippen LogP contribution is -2.00. The van der Waals surface area contributed by atoms with Gasteiger partial charge < -0.3 is 4.74 Å². The Morgan fingerprint density at radius 3 is 2.95 bits per heavy atom. The van der Waals surface area contributed by atoms with E-state index in [0.29, 0.717) is 26.9 Å². The van der Waals surface area contributed by atoms with E-state index in [4.69, 9.17) is 22.8 Å². The van der Waals surface area contributed by atoms with Crippen molar-refractivity contribution in [1.29, 1.82) is 0 Å². The van der Waals surface area contributed by atoms with Crippen LogP contribution in [0, 0.1) is 18.2 Å². The summed E-state index contributed by atoms with van der Waals surface area (Å²) in [7, 11) is 0. The average Bonchev–Trinajstić information content (AvgIpc) is 2.88. The fourth-order valence-corrected chi connectivity index (χ4v) is 3.06. The van der Waals surface area contributed by atoms with E-state index >= 15 is 0 Å². The molecule has 0 radical (unpaired) electrons. The molecule has 0 spiro atoms. The highest BCUT2D eigenvalue weighted by Crippen LogP contribution is 2.33. The monoisotopic (exact) mass is 379 g/mol. The highest BCUT2D eigenvalue weighted by Gasteiger charge is 2.16. The van der Waals surface area contributed by atoms with Crippen molar-refractivity contribution in [3.05, 3.63) is 45.6 Å². The van der Waals surface area contributed by atoms with Gasteiger partial charge in [0.15, 0.2) is 11.3 Å². The lowest BCUT2D eigenvalue weighted by Gasteiger charge is -2.08. The first-order valence-electron chi connectivity index (χ1n) is 6.17. The standard InChI is InChI=1S/C15H8BrClFN3O/c1-2-6-22-13-5-3-4-12-14(13)19-20-21(12)15-10(16)7-9(18)8-11(15)17/h1,3-5,7-8H,6H2. The third-order valence-electron chi connectivity index (χ3n) is 2.94. The van der Waals surface area contributed by atoms with Crippen LogP contribution in [-0.4, -0.2) is 21.6 Å². The van der Waals surface area contributed by atoms with Gasteiger partial charge in [0.05, 0.1) is 10.5 Å². The summed E-state index contributed by atoms with van der Waals surface area (Å²) < 4.78 is 20.8. The highest BCUT2D eigenvalue weighted by atomic mass is 79.9. The van der Waals surface area contributed by atoms with Crippen LogP contribution in [0.1, 0.15) is 0 Å². The number of hydrogen-bond donors (Lipinski definition) is 0. The van der Waals surface area contributed by atoms with Crippen LogP contribution >= 0.6 is 27.5 Å². The molecule has 0 aliphatic carbocycles. The third-order valence-corrected chi connectivity index (χ3v) is 3.84. The number of hydrogen-bond acceptors (Lipinski definition) is 3. The number of terminal acetylenes is 1. The summed E-state index contributed by atoms with van der Waals surface area (Å²) in [5, 5.41) is 8.40. The Hall–Kier alpha value is -2.10. The van der Waals surface area contributed by atoms with Crippen LogP contribution in [0.5, 0.6) is 5.75 Å². The summed E-state index contributed by atoms with van der Waals surface area (Å²) in [6, 6.07) is 7.88. The van der Waals surface area contributed by atoms with Gasteiger partial charge in [0.25, 0.3) is 0 Å². The average molecular weight is 381 g/mol. The first-order chi connectivity index (χ1) is 10.6. The van der Waals surface area contributed by atoms with Gasteiger partial charge in [-0.3, -0.25) is 0 Å². The van der Waals surface area contributed by atoms with E-state index in [-0.39, 0.29) is 11.6 Å². The van der Waals surface area contributed by atoms with E-state index in [1.54, 1.807) is 12.1 Å². The molecule has 110 valence electrons. The smallest absolute Gasteiger partial charge is 0.155 e. The molecule has 0 unspecified atom stereocenters. The van der Waals surface area contributed by atoms with Crippen molar-refractivity contribution >= 4 is 38.6 Å². The number of rotatable bonds is 3. The van der Waals surface area contributed by atoms with Crippen molar-refractivity contribution in [2.45, 2.75) is 0 Å². The maximum atomic E-state index is 13.4. The molecule has 1 aromatic heterocycles. The van der Waals surface area contributed by atoms with Crippen molar-refractivity contribution in [2.75, 3.05) is 6.61 Å². The molecule has 0 bridgehead atoms. The second-order valence-corrected chi connectivity index (χ2v) is 5.60. The summed E-state index contributed by atoms with van der Waals surface area (Å²) in [5.41, 5.74) is 1.72. The summed E-state index contributed by atoms with van der Waals surface area (Å²) in [4.78, 5) is 0.